The first-order valence-electron chi connectivity index (χ1n) is 8.09. The average Bonchev–Trinajstić information content (AvgIpc) is 2.63. The zero-order chi connectivity index (χ0) is 17.2. The van der Waals surface area contributed by atoms with E-state index >= 15 is 0 Å². The minimum Gasteiger partial charge on any atom is -0.493 e. The molecule has 2 heterocycles. The number of amides is 2. The molecule has 0 aliphatic carbocycles. The number of carbonyl (C=O) groups excluding carboxylic acids is 1. The third kappa shape index (κ3) is 3.37. The second-order valence-electron chi connectivity index (χ2n) is 5.80. The van der Waals surface area contributed by atoms with E-state index in [0.717, 1.165) is 22.2 Å². The van der Waals surface area contributed by atoms with Crippen LogP contribution in [-0.2, 0) is 0 Å². The monoisotopic (exact) mass is 404 g/mol. The molecule has 2 amide bonds. The first kappa shape index (κ1) is 16.1. The predicted octanol–water partition coefficient (Wildman–Crippen LogP) is 3.87. The molecule has 7 heteroatoms. The number of halogens is 1. The molecule has 130 valence electrons. The summed E-state index contributed by atoms with van der Waals surface area (Å²) in [4.78, 5) is 12.5. The fraction of sp³-hybridized carbons (Fsp3) is 0.278. The lowest BCUT2D eigenvalue weighted by Crippen LogP contribution is -2.35. The van der Waals surface area contributed by atoms with Gasteiger partial charge in [0.1, 0.15) is 19.0 Å². The molecule has 0 saturated carbocycles. The highest BCUT2D eigenvalue weighted by Gasteiger charge is 2.23. The molecule has 6 nitrogen and oxygen atoms in total. The number of rotatable bonds is 2. The minimum absolute atomic E-state index is 0.0825. The highest BCUT2D eigenvalue weighted by molar-refractivity contribution is 9.10. The molecule has 2 aromatic carbocycles. The lowest BCUT2D eigenvalue weighted by Gasteiger charge is -2.27. The Labute approximate surface area is 153 Å². The van der Waals surface area contributed by atoms with Crippen molar-refractivity contribution >= 4 is 27.6 Å². The molecular formula is C18H17BrN2O4. The summed E-state index contributed by atoms with van der Waals surface area (Å²) in [6.45, 7) is 1.60. The minimum atomic E-state index is -0.279. The number of anilines is 1. The second kappa shape index (κ2) is 6.84. The summed E-state index contributed by atoms with van der Waals surface area (Å²) < 4.78 is 17.5. The zero-order valence-electron chi connectivity index (χ0n) is 13.4. The van der Waals surface area contributed by atoms with Crippen molar-refractivity contribution in [2.75, 3.05) is 25.1 Å². The third-order valence-electron chi connectivity index (χ3n) is 4.14. The van der Waals surface area contributed by atoms with Gasteiger partial charge >= 0.3 is 6.03 Å². The Hall–Kier alpha value is -2.41. The van der Waals surface area contributed by atoms with Crippen LogP contribution in [0.3, 0.4) is 0 Å². The number of hydrogen-bond donors (Lipinski definition) is 2. The van der Waals surface area contributed by atoms with Gasteiger partial charge in [0.25, 0.3) is 0 Å². The highest BCUT2D eigenvalue weighted by atomic mass is 79.9. The highest BCUT2D eigenvalue weighted by Crippen LogP contribution is 2.38. The maximum Gasteiger partial charge on any atom is 0.319 e. The van der Waals surface area contributed by atoms with Gasteiger partial charge in [-0.25, -0.2) is 4.79 Å². The van der Waals surface area contributed by atoms with Gasteiger partial charge < -0.3 is 24.8 Å². The third-order valence-corrected chi connectivity index (χ3v) is 4.80. The van der Waals surface area contributed by atoms with Crippen LogP contribution in [0.25, 0.3) is 0 Å². The van der Waals surface area contributed by atoms with Crippen LogP contribution in [0, 0.1) is 0 Å². The van der Waals surface area contributed by atoms with Crippen molar-refractivity contribution in [2.24, 2.45) is 0 Å². The predicted molar refractivity (Wildman–Crippen MR) is 96.6 cm³/mol. The molecule has 0 unspecified atom stereocenters. The van der Waals surface area contributed by atoms with Gasteiger partial charge in [0.15, 0.2) is 11.5 Å². The second-order valence-corrected chi connectivity index (χ2v) is 6.66. The molecule has 2 N–H and O–H groups in total. The van der Waals surface area contributed by atoms with Gasteiger partial charge in [-0.05, 0) is 22.0 Å². The zero-order valence-corrected chi connectivity index (χ0v) is 15.0. The van der Waals surface area contributed by atoms with E-state index in [1.54, 1.807) is 12.1 Å². The molecular weight excluding hydrogens is 388 g/mol. The Morgan fingerprint density at radius 2 is 1.72 bits per heavy atom. The fourth-order valence-electron chi connectivity index (χ4n) is 2.97. The van der Waals surface area contributed by atoms with Gasteiger partial charge in [0.05, 0.1) is 18.3 Å². The smallest absolute Gasteiger partial charge is 0.319 e. The molecule has 0 saturated heterocycles. The van der Waals surface area contributed by atoms with E-state index < -0.39 is 0 Å². The molecule has 0 radical (unpaired) electrons. The van der Waals surface area contributed by atoms with E-state index in [1.807, 2.05) is 24.3 Å². The number of fused-ring (bicyclic) bond motifs is 2. The summed E-state index contributed by atoms with van der Waals surface area (Å²) in [5, 5.41) is 5.87. The molecule has 4 rings (SSSR count). The van der Waals surface area contributed by atoms with Crippen molar-refractivity contribution in [3.63, 3.8) is 0 Å². The topological polar surface area (TPSA) is 68.8 Å². The molecule has 1 atom stereocenters. The Morgan fingerprint density at radius 1 is 1.00 bits per heavy atom. The van der Waals surface area contributed by atoms with Gasteiger partial charge in [0.2, 0.25) is 0 Å². The van der Waals surface area contributed by atoms with E-state index in [1.165, 1.54) is 0 Å². The van der Waals surface area contributed by atoms with Crippen molar-refractivity contribution in [1.82, 2.24) is 5.32 Å². The van der Waals surface area contributed by atoms with E-state index in [0.29, 0.717) is 37.0 Å². The van der Waals surface area contributed by atoms with Crippen LogP contribution >= 0.6 is 15.9 Å². The molecule has 2 aromatic rings. The van der Waals surface area contributed by atoms with Crippen molar-refractivity contribution < 1.29 is 19.0 Å². The average molecular weight is 405 g/mol. The first-order valence-corrected chi connectivity index (χ1v) is 8.88. The molecule has 0 fully saturated rings. The van der Waals surface area contributed by atoms with Crippen LogP contribution in [-0.4, -0.2) is 25.9 Å². The fourth-order valence-corrected chi connectivity index (χ4v) is 3.39. The standard InChI is InChI=1S/C18H17BrN2O4/c19-12-9-16-17(25-8-7-24-16)10-14(12)21-18(22)20-13-5-6-23-15-4-2-1-3-11(13)15/h1-4,9-10,13H,5-8H2,(H2,20,21,22)/t13-/m1/s1. The molecule has 25 heavy (non-hydrogen) atoms. The van der Waals surface area contributed by atoms with Gasteiger partial charge in [0, 0.05) is 28.6 Å². The summed E-state index contributed by atoms with van der Waals surface area (Å²) in [6, 6.07) is 11.0. The SMILES string of the molecule is O=C(Nc1cc2c(cc1Br)OCCO2)N[C@@H]1CCOc2ccccc21. The maximum atomic E-state index is 12.5. The Bertz CT molecular complexity index is 812. The summed E-state index contributed by atoms with van der Waals surface area (Å²) in [5.41, 5.74) is 1.62. The summed E-state index contributed by atoms with van der Waals surface area (Å²) >= 11 is 3.46. The molecule has 2 aliphatic heterocycles. The maximum absolute atomic E-state index is 12.5. The molecule has 2 aliphatic rings. The van der Waals surface area contributed by atoms with Crippen molar-refractivity contribution in [3.05, 3.63) is 46.4 Å². The number of hydrogen-bond acceptors (Lipinski definition) is 4. The van der Waals surface area contributed by atoms with Crippen molar-refractivity contribution in [3.8, 4) is 17.2 Å². The van der Waals surface area contributed by atoms with Crippen LogP contribution in [0.1, 0.15) is 18.0 Å². The van der Waals surface area contributed by atoms with E-state index in [2.05, 4.69) is 26.6 Å². The lowest BCUT2D eigenvalue weighted by atomic mass is 10.0. The Balaban J connectivity index is 1.48. The van der Waals surface area contributed by atoms with Crippen molar-refractivity contribution in [2.45, 2.75) is 12.5 Å². The van der Waals surface area contributed by atoms with Gasteiger partial charge in [-0.15, -0.1) is 0 Å². The van der Waals surface area contributed by atoms with Gasteiger partial charge in [-0.3, -0.25) is 0 Å². The molecule has 0 aromatic heterocycles. The first-order chi connectivity index (χ1) is 12.2. The van der Waals surface area contributed by atoms with Crippen LogP contribution in [0.4, 0.5) is 10.5 Å². The Morgan fingerprint density at radius 3 is 2.56 bits per heavy atom. The van der Waals surface area contributed by atoms with Gasteiger partial charge in [-0.2, -0.15) is 0 Å². The Kier molecular flexibility index (Phi) is 4.40. The summed E-state index contributed by atoms with van der Waals surface area (Å²) in [7, 11) is 0. The quantitative estimate of drug-likeness (QED) is 0.796. The van der Waals surface area contributed by atoms with Crippen molar-refractivity contribution in [1.29, 1.82) is 0 Å². The number of benzene rings is 2. The largest absolute Gasteiger partial charge is 0.493 e. The van der Waals surface area contributed by atoms with E-state index in [-0.39, 0.29) is 12.1 Å². The van der Waals surface area contributed by atoms with Crippen LogP contribution < -0.4 is 24.8 Å². The summed E-state index contributed by atoms with van der Waals surface area (Å²) in [5.74, 6) is 2.11. The number of nitrogens with one attached hydrogen (secondary N) is 2. The van der Waals surface area contributed by atoms with Crippen LogP contribution in [0.15, 0.2) is 40.9 Å². The number of ether oxygens (including phenoxy) is 3. The number of carbonyl (C=O) groups is 1. The van der Waals surface area contributed by atoms with E-state index in [9.17, 15) is 4.79 Å². The number of urea groups is 1. The molecule has 0 spiro atoms. The molecule has 0 bridgehead atoms. The lowest BCUT2D eigenvalue weighted by molar-refractivity contribution is 0.171. The van der Waals surface area contributed by atoms with Gasteiger partial charge in [-0.1, -0.05) is 18.2 Å². The van der Waals surface area contributed by atoms with Crippen LogP contribution in [0.5, 0.6) is 17.2 Å². The number of para-hydroxylation sites is 1. The van der Waals surface area contributed by atoms with Crippen LogP contribution in [0.2, 0.25) is 0 Å². The summed E-state index contributed by atoms with van der Waals surface area (Å²) in [6.07, 6.45) is 0.729. The normalized spacial score (nSPS) is 17.9. The van der Waals surface area contributed by atoms with E-state index in [4.69, 9.17) is 14.2 Å².